The Morgan fingerprint density at radius 3 is 2.65 bits per heavy atom. The molecule has 0 spiro atoms. The minimum atomic E-state index is 0.216. The van der Waals surface area contributed by atoms with Gasteiger partial charge < -0.3 is 14.7 Å². The second kappa shape index (κ2) is 4.28. The fourth-order valence-corrected chi connectivity index (χ4v) is 2.11. The van der Waals surface area contributed by atoms with Crippen molar-refractivity contribution >= 4 is 6.01 Å². The lowest BCUT2D eigenvalue weighted by molar-refractivity contribution is 0.509. The van der Waals surface area contributed by atoms with E-state index in [1.807, 2.05) is 0 Å². The molecular weight excluding hydrogens is 214 g/mol. The fourth-order valence-electron chi connectivity index (χ4n) is 2.11. The zero-order valence-electron chi connectivity index (χ0n) is 10.8. The van der Waals surface area contributed by atoms with E-state index in [-0.39, 0.29) is 6.01 Å². The smallest absolute Gasteiger partial charge is 0.292 e. The summed E-state index contributed by atoms with van der Waals surface area (Å²) in [4.78, 5) is 3.94. The zero-order valence-corrected chi connectivity index (χ0v) is 10.8. The number of nitrogens with zero attached hydrogens (tertiary/aromatic N) is 2. The lowest BCUT2D eigenvalue weighted by Crippen LogP contribution is -2.07. The van der Waals surface area contributed by atoms with Crippen LogP contribution in [0.15, 0.2) is 16.7 Å². The lowest BCUT2D eigenvalue weighted by Gasteiger charge is -2.11. The third kappa shape index (κ3) is 2.20. The second-order valence-electron chi connectivity index (χ2n) is 4.85. The Morgan fingerprint density at radius 1 is 1.41 bits per heavy atom. The van der Waals surface area contributed by atoms with Gasteiger partial charge in [0.15, 0.2) is 5.76 Å². The maximum Gasteiger partial charge on any atom is 0.292 e. The number of hydrogen-bond donors (Lipinski definition) is 1. The number of aryl methyl sites for hydroxylation is 1. The number of rotatable bonds is 3. The van der Waals surface area contributed by atoms with E-state index < -0.39 is 0 Å². The molecule has 0 unspecified atom stereocenters. The van der Waals surface area contributed by atoms with Crippen molar-refractivity contribution in [1.29, 1.82) is 0 Å². The maximum absolute atomic E-state index is 5.51. The molecule has 2 N–H and O–H groups in total. The molecule has 92 valence electrons. The molecule has 0 radical (unpaired) electrons. The highest BCUT2D eigenvalue weighted by Crippen LogP contribution is 2.28. The topological polar surface area (TPSA) is 57.0 Å². The first kappa shape index (κ1) is 11.8. The van der Waals surface area contributed by atoms with Crippen molar-refractivity contribution in [2.45, 2.75) is 34.2 Å². The van der Waals surface area contributed by atoms with Crippen molar-refractivity contribution in [3.63, 3.8) is 0 Å². The van der Waals surface area contributed by atoms with E-state index in [0.29, 0.717) is 5.92 Å². The van der Waals surface area contributed by atoms with Crippen LogP contribution in [-0.2, 0) is 6.54 Å². The van der Waals surface area contributed by atoms with E-state index in [1.54, 1.807) is 6.20 Å². The van der Waals surface area contributed by atoms with Crippen LogP contribution in [0.4, 0.5) is 6.01 Å². The molecule has 4 nitrogen and oxygen atoms in total. The van der Waals surface area contributed by atoms with E-state index >= 15 is 0 Å². The molecule has 0 aromatic carbocycles. The summed E-state index contributed by atoms with van der Waals surface area (Å²) in [5, 5.41) is 0. The number of anilines is 1. The lowest BCUT2D eigenvalue weighted by atomic mass is 10.2. The number of hydrogen-bond acceptors (Lipinski definition) is 3. The van der Waals surface area contributed by atoms with E-state index in [0.717, 1.165) is 17.9 Å². The molecule has 0 saturated carbocycles. The van der Waals surface area contributed by atoms with Crippen molar-refractivity contribution in [1.82, 2.24) is 9.55 Å². The molecular formula is C13H19N3O. The molecule has 2 heterocycles. The Labute approximate surface area is 101 Å². The van der Waals surface area contributed by atoms with E-state index in [1.165, 1.54) is 11.4 Å². The van der Waals surface area contributed by atoms with Crippen LogP contribution < -0.4 is 5.73 Å². The number of nitrogen functional groups attached to an aromatic ring is 1. The minimum Gasteiger partial charge on any atom is -0.424 e. The summed E-state index contributed by atoms with van der Waals surface area (Å²) in [7, 11) is 0. The van der Waals surface area contributed by atoms with Crippen molar-refractivity contribution in [3.8, 4) is 11.3 Å². The number of nitrogens with two attached hydrogens (primary N) is 1. The van der Waals surface area contributed by atoms with Crippen LogP contribution in [0.25, 0.3) is 11.3 Å². The average Bonchev–Trinajstić information content (AvgIpc) is 2.76. The average molecular weight is 233 g/mol. The molecule has 0 aliphatic carbocycles. The minimum absolute atomic E-state index is 0.216. The fraction of sp³-hybridized carbons (Fsp3) is 0.462. The van der Waals surface area contributed by atoms with Gasteiger partial charge in [0.1, 0.15) is 0 Å². The molecule has 0 bridgehead atoms. The third-order valence-corrected chi connectivity index (χ3v) is 2.91. The van der Waals surface area contributed by atoms with Gasteiger partial charge in [0, 0.05) is 23.5 Å². The number of oxazole rings is 1. The summed E-state index contributed by atoms with van der Waals surface area (Å²) in [5.41, 5.74) is 9.02. The van der Waals surface area contributed by atoms with E-state index in [2.05, 4.69) is 43.3 Å². The van der Waals surface area contributed by atoms with Gasteiger partial charge in [-0.3, -0.25) is 0 Å². The van der Waals surface area contributed by atoms with Crippen molar-refractivity contribution in [2.75, 3.05) is 5.73 Å². The SMILES string of the molecule is Cc1cc(-c2cnc(N)o2)c(C)n1CC(C)C. The highest BCUT2D eigenvalue weighted by molar-refractivity contribution is 5.62. The highest BCUT2D eigenvalue weighted by atomic mass is 16.4. The molecule has 2 aromatic rings. The van der Waals surface area contributed by atoms with Crippen LogP contribution in [0.3, 0.4) is 0 Å². The normalized spacial score (nSPS) is 11.4. The van der Waals surface area contributed by atoms with Gasteiger partial charge in [0.25, 0.3) is 6.01 Å². The Balaban J connectivity index is 2.43. The van der Waals surface area contributed by atoms with Gasteiger partial charge >= 0.3 is 0 Å². The van der Waals surface area contributed by atoms with Crippen molar-refractivity contribution in [2.24, 2.45) is 5.92 Å². The summed E-state index contributed by atoms with van der Waals surface area (Å²) in [6.07, 6.45) is 1.68. The molecule has 2 rings (SSSR count). The first-order valence-electron chi connectivity index (χ1n) is 5.87. The number of aromatic nitrogens is 2. The maximum atomic E-state index is 5.51. The van der Waals surface area contributed by atoms with E-state index in [4.69, 9.17) is 10.2 Å². The van der Waals surface area contributed by atoms with Gasteiger partial charge in [0.05, 0.1) is 6.20 Å². The van der Waals surface area contributed by atoms with Gasteiger partial charge in [-0.15, -0.1) is 0 Å². The highest BCUT2D eigenvalue weighted by Gasteiger charge is 2.14. The standard InChI is InChI=1S/C13H19N3O/c1-8(2)7-16-9(3)5-11(10(16)4)12-6-15-13(14)17-12/h5-6,8H,7H2,1-4H3,(H2,14,15). The summed E-state index contributed by atoms with van der Waals surface area (Å²) < 4.78 is 7.68. The van der Waals surface area contributed by atoms with Gasteiger partial charge in [-0.1, -0.05) is 13.8 Å². The molecule has 0 aliphatic rings. The van der Waals surface area contributed by atoms with Gasteiger partial charge in [0.2, 0.25) is 0 Å². The van der Waals surface area contributed by atoms with E-state index in [9.17, 15) is 0 Å². The van der Waals surface area contributed by atoms with Crippen molar-refractivity contribution < 1.29 is 4.42 Å². The van der Waals surface area contributed by atoms with Gasteiger partial charge in [-0.05, 0) is 25.8 Å². The Morgan fingerprint density at radius 2 is 2.12 bits per heavy atom. The molecule has 0 saturated heterocycles. The van der Waals surface area contributed by atoms with Crippen LogP contribution in [0, 0.1) is 19.8 Å². The van der Waals surface area contributed by atoms with Crippen LogP contribution in [-0.4, -0.2) is 9.55 Å². The first-order valence-corrected chi connectivity index (χ1v) is 5.87. The van der Waals surface area contributed by atoms with Crippen molar-refractivity contribution in [3.05, 3.63) is 23.7 Å². The summed E-state index contributed by atoms with van der Waals surface area (Å²) in [6.45, 7) is 9.65. The van der Waals surface area contributed by atoms with Crippen LogP contribution in [0.2, 0.25) is 0 Å². The predicted octanol–water partition coefficient (Wildman–Crippen LogP) is 3.00. The molecule has 0 amide bonds. The quantitative estimate of drug-likeness (QED) is 0.886. The molecule has 2 aromatic heterocycles. The third-order valence-electron chi connectivity index (χ3n) is 2.91. The monoisotopic (exact) mass is 233 g/mol. The summed E-state index contributed by atoms with van der Waals surface area (Å²) in [5.74, 6) is 1.36. The first-order chi connectivity index (χ1) is 7.99. The Hall–Kier alpha value is -1.71. The van der Waals surface area contributed by atoms with Gasteiger partial charge in [-0.25, -0.2) is 4.98 Å². The Bertz CT molecular complexity index is 523. The van der Waals surface area contributed by atoms with Crippen LogP contribution in [0.1, 0.15) is 25.2 Å². The molecule has 4 heteroatoms. The zero-order chi connectivity index (χ0) is 12.6. The molecule has 17 heavy (non-hydrogen) atoms. The Kier molecular flexibility index (Phi) is 2.96. The summed E-state index contributed by atoms with van der Waals surface area (Å²) in [6, 6.07) is 2.34. The largest absolute Gasteiger partial charge is 0.424 e. The van der Waals surface area contributed by atoms with Gasteiger partial charge in [-0.2, -0.15) is 0 Å². The second-order valence-corrected chi connectivity index (χ2v) is 4.85. The molecule has 0 atom stereocenters. The van der Waals surface area contributed by atoms with Crippen LogP contribution >= 0.6 is 0 Å². The molecule has 0 fully saturated rings. The predicted molar refractivity (Wildman–Crippen MR) is 68.7 cm³/mol. The molecule has 0 aliphatic heterocycles. The summed E-state index contributed by atoms with van der Waals surface area (Å²) >= 11 is 0. The van der Waals surface area contributed by atoms with Crippen LogP contribution in [0.5, 0.6) is 0 Å².